The van der Waals surface area contributed by atoms with Gasteiger partial charge in [-0.15, -0.1) is 0 Å². The number of hydrogen-bond donors (Lipinski definition) is 3. The van der Waals surface area contributed by atoms with E-state index in [1.807, 2.05) is 0 Å². The van der Waals surface area contributed by atoms with Gasteiger partial charge in [0.05, 0.1) is 27.4 Å². The van der Waals surface area contributed by atoms with Gasteiger partial charge in [-0.1, -0.05) is 35.3 Å². The Hall–Kier alpha value is -2.77. The van der Waals surface area contributed by atoms with E-state index in [9.17, 15) is 9.59 Å². The van der Waals surface area contributed by atoms with Crippen molar-refractivity contribution in [1.29, 1.82) is 0 Å². The Morgan fingerprint density at radius 1 is 1.16 bits per heavy atom. The van der Waals surface area contributed by atoms with Crippen LogP contribution in [0.5, 0.6) is 0 Å². The number of anilines is 1. The van der Waals surface area contributed by atoms with E-state index in [1.54, 1.807) is 36.4 Å². The summed E-state index contributed by atoms with van der Waals surface area (Å²) in [6.07, 6.45) is 0.189. The molecule has 0 saturated carbocycles. The Morgan fingerprint density at radius 3 is 2.68 bits per heavy atom. The van der Waals surface area contributed by atoms with E-state index in [1.165, 1.54) is 6.20 Å². The molecule has 3 N–H and O–H groups in total. The highest BCUT2D eigenvalue weighted by molar-refractivity contribution is 6.42. The number of fused-ring (bicyclic) bond motifs is 1. The largest absolute Gasteiger partial charge is 0.463 e. The van der Waals surface area contributed by atoms with Crippen LogP contribution in [0.1, 0.15) is 5.56 Å². The van der Waals surface area contributed by atoms with Crippen LogP contribution in [0.4, 0.5) is 15.3 Å². The van der Waals surface area contributed by atoms with Crippen LogP contribution in [0.2, 0.25) is 10.0 Å². The van der Waals surface area contributed by atoms with Gasteiger partial charge >= 0.3 is 12.1 Å². The quantitative estimate of drug-likeness (QED) is 0.636. The summed E-state index contributed by atoms with van der Waals surface area (Å²) in [5, 5.41) is 19.6. The van der Waals surface area contributed by atoms with Gasteiger partial charge < -0.3 is 15.7 Å². The Bertz CT molecular complexity index is 971. The number of halogens is 2. The van der Waals surface area contributed by atoms with Gasteiger partial charge in [-0.2, -0.15) is 9.78 Å². The van der Waals surface area contributed by atoms with Crippen LogP contribution in [-0.4, -0.2) is 27.0 Å². The molecule has 0 atom stereocenters. The molecule has 9 heteroatoms. The molecule has 0 bridgehead atoms. The predicted molar refractivity (Wildman–Crippen MR) is 95.5 cm³/mol. The Kier molecular flexibility index (Phi) is 4.78. The Labute approximate surface area is 152 Å². The molecule has 3 aromatic rings. The molecule has 0 fully saturated rings. The molecule has 0 saturated heterocycles. The molecular formula is C16H12Cl2N4O3. The summed E-state index contributed by atoms with van der Waals surface area (Å²) >= 11 is 11.8. The minimum Gasteiger partial charge on any atom is -0.463 e. The van der Waals surface area contributed by atoms with E-state index in [2.05, 4.69) is 15.7 Å². The van der Waals surface area contributed by atoms with Crippen LogP contribution in [0.3, 0.4) is 0 Å². The molecule has 0 aliphatic heterocycles. The van der Waals surface area contributed by atoms with Crippen molar-refractivity contribution < 1.29 is 14.7 Å². The maximum Gasteiger partial charge on any atom is 0.432 e. The molecule has 25 heavy (non-hydrogen) atoms. The third-order valence-corrected chi connectivity index (χ3v) is 4.22. The maximum atomic E-state index is 12.1. The summed E-state index contributed by atoms with van der Waals surface area (Å²) in [4.78, 5) is 23.2. The number of benzene rings is 2. The molecule has 0 spiro atoms. The van der Waals surface area contributed by atoms with Crippen molar-refractivity contribution >= 4 is 51.9 Å². The Morgan fingerprint density at radius 2 is 1.96 bits per heavy atom. The Balaban J connectivity index is 1.71. The predicted octanol–water partition coefficient (Wildman–Crippen LogP) is 4.19. The number of rotatable bonds is 3. The first-order chi connectivity index (χ1) is 12.0. The number of carbonyl (C=O) groups excluding carboxylic acids is 1. The van der Waals surface area contributed by atoms with Crippen molar-refractivity contribution in [2.75, 3.05) is 5.32 Å². The monoisotopic (exact) mass is 378 g/mol. The smallest absolute Gasteiger partial charge is 0.432 e. The van der Waals surface area contributed by atoms with Crippen molar-refractivity contribution in [3.8, 4) is 0 Å². The average Bonchev–Trinajstić information content (AvgIpc) is 3.01. The first-order valence-corrected chi connectivity index (χ1v) is 7.90. The first kappa shape index (κ1) is 17.1. The van der Waals surface area contributed by atoms with Crippen LogP contribution in [0.25, 0.3) is 10.9 Å². The normalized spacial score (nSPS) is 10.6. The van der Waals surface area contributed by atoms with E-state index in [-0.39, 0.29) is 6.54 Å². The molecule has 0 aliphatic carbocycles. The molecular weight excluding hydrogens is 367 g/mol. The second-order valence-corrected chi connectivity index (χ2v) is 5.95. The number of carbonyl (C=O) groups is 2. The zero-order valence-electron chi connectivity index (χ0n) is 12.7. The summed E-state index contributed by atoms with van der Waals surface area (Å²) in [5.74, 6) is 0. The van der Waals surface area contributed by atoms with Crippen LogP contribution in [0.15, 0.2) is 42.6 Å². The fourth-order valence-corrected chi connectivity index (χ4v) is 2.63. The van der Waals surface area contributed by atoms with Crippen LogP contribution >= 0.6 is 23.2 Å². The maximum absolute atomic E-state index is 12.1. The van der Waals surface area contributed by atoms with Gasteiger partial charge in [0.1, 0.15) is 0 Å². The summed E-state index contributed by atoms with van der Waals surface area (Å²) in [5.41, 5.74) is 1.63. The lowest BCUT2D eigenvalue weighted by Gasteiger charge is -2.09. The highest BCUT2D eigenvalue weighted by Gasteiger charge is 2.12. The number of urea groups is 1. The average molecular weight is 379 g/mol. The molecule has 0 radical (unpaired) electrons. The van der Waals surface area contributed by atoms with E-state index in [0.717, 1.165) is 10.2 Å². The van der Waals surface area contributed by atoms with Gasteiger partial charge in [-0.3, -0.25) is 0 Å². The SMILES string of the molecule is O=C(NCc1ccc(Cl)c(Cl)c1)Nc1cccc2c1cnn2C(=O)O. The first-order valence-electron chi connectivity index (χ1n) is 7.14. The van der Waals surface area contributed by atoms with Gasteiger partial charge in [0.25, 0.3) is 0 Å². The standard InChI is InChI=1S/C16H12Cl2N4O3/c17-11-5-4-9(6-12(11)18)7-19-15(23)21-13-2-1-3-14-10(13)8-20-22(14)16(24)25/h1-6,8H,7H2,(H,24,25)(H2,19,21,23). The number of aromatic nitrogens is 2. The van der Waals surface area contributed by atoms with Crippen molar-refractivity contribution in [3.63, 3.8) is 0 Å². The lowest BCUT2D eigenvalue weighted by atomic mass is 10.2. The summed E-state index contributed by atoms with van der Waals surface area (Å²) in [6, 6.07) is 9.54. The number of nitrogens with one attached hydrogen (secondary N) is 2. The van der Waals surface area contributed by atoms with Gasteiger partial charge in [0, 0.05) is 11.9 Å². The number of nitrogens with zero attached hydrogens (tertiary/aromatic N) is 2. The molecule has 1 aromatic heterocycles. The van der Waals surface area contributed by atoms with Crippen LogP contribution < -0.4 is 10.6 Å². The summed E-state index contributed by atoms with van der Waals surface area (Å²) in [6.45, 7) is 0.257. The molecule has 128 valence electrons. The van der Waals surface area contributed by atoms with E-state index in [0.29, 0.717) is 26.6 Å². The zero-order valence-corrected chi connectivity index (χ0v) is 14.2. The van der Waals surface area contributed by atoms with Gasteiger partial charge in [0.15, 0.2) is 0 Å². The highest BCUT2D eigenvalue weighted by Crippen LogP contribution is 2.24. The lowest BCUT2D eigenvalue weighted by Crippen LogP contribution is -2.28. The van der Waals surface area contributed by atoms with Gasteiger partial charge in [-0.05, 0) is 29.8 Å². The van der Waals surface area contributed by atoms with Crippen molar-refractivity contribution in [3.05, 3.63) is 58.2 Å². The van der Waals surface area contributed by atoms with E-state index in [4.69, 9.17) is 28.3 Å². The summed E-state index contributed by atoms with van der Waals surface area (Å²) < 4.78 is 0.841. The topological polar surface area (TPSA) is 96.3 Å². The number of carboxylic acid groups (broad SMARTS) is 1. The molecule has 1 heterocycles. The van der Waals surface area contributed by atoms with Crippen molar-refractivity contribution in [2.24, 2.45) is 0 Å². The van der Waals surface area contributed by atoms with Gasteiger partial charge in [0.2, 0.25) is 0 Å². The fourth-order valence-electron chi connectivity index (χ4n) is 2.31. The molecule has 0 aliphatic rings. The summed E-state index contributed by atoms with van der Waals surface area (Å²) in [7, 11) is 0. The van der Waals surface area contributed by atoms with Gasteiger partial charge in [-0.25, -0.2) is 9.59 Å². The third kappa shape index (κ3) is 3.67. The number of hydrogen-bond acceptors (Lipinski definition) is 3. The minimum atomic E-state index is -1.20. The van der Waals surface area contributed by atoms with E-state index < -0.39 is 12.1 Å². The fraction of sp³-hybridized carbons (Fsp3) is 0.0625. The zero-order chi connectivity index (χ0) is 18.0. The molecule has 0 unspecified atom stereocenters. The molecule has 2 aromatic carbocycles. The second kappa shape index (κ2) is 7.00. The van der Waals surface area contributed by atoms with Crippen molar-refractivity contribution in [1.82, 2.24) is 15.1 Å². The second-order valence-electron chi connectivity index (χ2n) is 5.13. The highest BCUT2D eigenvalue weighted by atomic mass is 35.5. The number of amides is 2. The van der Waals surface area contributed by atoms with Crippen molar-refractivity contribution in [2.45, 2.75) is 6.54 Å². The molecule has 2 amide bonds. The lowest BCUT2D eigenvalue weighted by molar-refractivity contribution is 0.194. The minimum absolute atomic E-state index is 0.257. The third-order valence-electron chi connectivity index (χ3n) is 3.48. The molecule has 3 rings (SSSR count). The van der Waals surface area contributed by atoms with Crippen LogP contribution in [0, 0.1) is 0 Å². The van der Waals surface area contributed by atoms with Crippen LogP contribution in [-0.2, 0) is 6.54 Å². The molecule has 7 nitrogen and oxygen atoms in total. The van der Waals surface area contributed by atoms with E-state index >= 15 is 0 Å².